The molecule has 14 heavy (non-hydrogen) atoms. The summed E-state index contributed by atoms with van der Waals surface area (Å²) < 4.78 is 0. The van der Waals surface area contributed by atoms with Crippen LogP contribution in [-0.2, 0) is 0 Å². The van der Waals surface area contributed by atoms with E-state index < -0.39 is 0 Å². The van der Waals surface area contributed by atoms with Crippen molar-refractivity contribution in [2.24, 2.45) is 22.6 Å². The monoisotopic (exact) mass is 194 g/mol. The first-order valence-corrected chi connectivity index (χ1v) is 5.58. The topological polar surface area (TPSA) is 38.4 Å². The quantitative estimate of drug-likeness (QED) is 0.529. The zero-order valence-corrected chi connectivity index (χ0v) is 8.99. The Morgan fingerprint density at radius 3 is 2.86 bits per heavy atom. The SMILES string of the molecule is C=CCC1CCCC(C(CN)N=C)C1. The van der Waals surface area contributed by atoms with E-state index in [0.29, 0.717) is 12.5 Å². The highest BCUT2D eigenvalue weighted by atomic mass is 14.8. The molecule has 0 aromatic heterocycles. The predicted octanol–water partition coefficient (Wildman–Crippen LogP) is 2.40. The van der Waals surface area contributed by atoms with Crippen molar-refractivity contribution in [2.75, 3.05) is 6.54 Å². The molecule has 1 aliphatic carbocycles. The Balaban J connectivity index is 2.45. The van der Waals surface area contributed by atoms with Gasteiger partial charge in [-0.15, -0.1) is 6.58 Å². The van der Waals surface area contributed by atoms with Crippen LogP contribution in [0.15, 0.2) is 17.6 Å². The van der Waals surface area contributed by atoms with E-state index in [1.54, 1.807) is 0 Å². The third-order valence-electron chi connectivity index (χ3n) is 3.34. The lowest BCUT2D eigenvalue weighted by Crippen LogP contribution is -2.31. The van der Waals surface area contributed by atoms with Crippen molar-refractivity contribution in [1.29, 1.82) is 0 Å². The second-order valence-electron chi connectivity index (χ2n) is 4.30. The van der Waals surface area contributed by atoms with Crippen molar-refractivity contribution in [3.8, 4) is 0 Å². The highest BCUT2D eigenvalue weighted by molar-refractivity contribution is 5.24. The number of rotatable bonds is 5. The zero-order chi connectivity index (χ0) is 10.4. The maximum Gasteiger partial charge on any atom is 0.0642 e. The van der Waals surface area contributed by atoms with E-state index in [-0.39, 0.29) is 6.04 Å². The summed E-state index contributed by atoms with van der Waals surface area (Å²) in [5.74, 6) is 1.47. The average Bonchev–Trinajstić information content (AvgIpc) is 2.21. The Kier molecular flexibility index (Phi) is 4.88. The summed E-state index contributed by atoms with van der Waals surface area (Å²) in [5.41, 5.74) is 5.68. The number of hydrogen-bond acceptors (Lipinski definition) is 2. The Hall–Kier alpha value is -0.630. The number of allylic oxidation sites excluding steroid dienone is 1. The minimum atomic E-state index is 0.280. The van der Waals surface area contributed by atoms with Crippen LogP contribution in [-0.4, -0.2) is 19.3 Å². The summed E-state index contributed by atoms with van der Waals surface area (Å²) in [6.07, 6.45) is 8.37. The smallest absolute Gasteiger partial charge is 0.0642 e. The molecule has 1 aliphatic rings. The van der Waals surface area contributed by atoms with Crippen LogP contribution >= 0.6 is 0 Å². The second kappa shape index (κ2) is 5.97. The summed E-state index contributed by atoms with van der Waals surface area (Å²) in [6, 6.07) is 0.280. The number of nitrogens with two attached hydrogens (primary N) is 1. The Bertz CT molecular complexity index is 189. The van der Waals surface area contributed by atoms with E-state index >= 15 is 0 Å². The molecule has 1 fully saturated rings. The fourth-order valence-electron chi connectivity index (χ4n) is 2.55. The van der Waals surface area contributed by atoms with Crippen molar-refractivity contribution in [3.63, 3.8) is 0 Å². The van der Waals surface area contributed by atoms with E-state index in [1.807, 2.05) is 6.08 Å². The molecule has 0 bridgehead atoms. The van der Waals surface area contributed by atoms with Crippen LogP contribution < -0.4 is 5.73 Å². The van der Waals surface area contributed by atoms with Crippen LogP contribution in [0.3, 0.4) is 0 Å². The molecule has 0 aromatic carbocycles. The van der Waals surface area contributed by atoms with E-state index in [9.17, 15) is 0 Å². The summed E-state index contributed by atoms with van der Waals surface area (Å²) in [6.45, 7) is 8.08. The Morgan fingerprint density at radius 1 is 1.50 bits per heavy atom. The summed E-state index contributed by atoms with van der Waals surface area (Å²) in [4.78, 5) is 4.12. The van der Waals surface area contributed by atoms with Gasteiger partial charge in [0.2, 0.25) is 0 Å². The van der Waals surface area contributed by atoms with Crippen molar-refractivity contribution in [3.05, 3.63) is 12.7 Å². The molecule has 1 rings (SSSR count). The van der Waals surface area contributed by atoms with Crippen molar-refractivity contribution >= 4 is 6.72 Å². The van der Waals surface area contributed by atoms with Crippen LogP contribution in [0.25, 0.3) is 0 Å². The fraction of sp³-hybridized carbons (Fsp3) is 0.750. The molecule has 3 unspecified atom stereocenters. The van der Waals surface area contributed by atoms with E-state index in [2.05, 4.69) is 18.3 Å². The lowest BCUT2D eigenvalue weighted by atomic mass is 9.77. The Labute approximate surface area is 87.3 Å². The first-order valence-electron chi connectivity index (χ1n) is 5.58. The molecule has 0 saturated heterocycles. The van der Waals surface area contributed by atoms with E-state index in [4.69, 9.17) is 5.73 Å². The van der Waals surface area contributed by atoms with Gasteiger partial charge in [0.1, 0.15) is 0 Å². The normalized spacial score (nSPS) is 29.5. The zero-order valence-electron chi connectivity index (χ0n) is 8.99. The van der Waals surface area contributed by atoms with E-state index in [1.165, 1.54) is 25.7 Å². The van der Waals surface area contributed by atoms with Gasteiger partial charge in [0, 0.05) is 6.54 Å². The lowest BCUT2D eigenvalue weighted by molar-refractivity contribution is 0.238. The van der Waals surface area contributed by atoms with Gasteiger partial charge in [-0.1, -0.05) is 18.9 Å². The maximum absolute atomic E-state index is 5.68. The number of aliphatic imine (C=N–C) groups is 1. The first kappa shape index (κ1) is 11.4. The van der Waals surface area contributed by atoms with Gasteiger partial charge in [0.05, 0.1) is 6.04 Å². The molecule has 0 heterocycles. The predicted molar refractivity (Wildman–Crippen MR) is 62.7 cm³/mol. The summed E-state index contributed by atoms with van der Waals surface area (Å²) in [5, 5.41) is 0. The average molecular weight is 194 g/mol. The van der Waals surface area contributed by atoms with Crippen LogP contribution in [0.5, 0.6) is 0 Å². The third-order valence-corrected chi connectivity index (χ3v) is 3.34. The molecule has 3 atom stereocenters. The largest absolute Gasteiger partial charge is 0.328 e. The molecule has 2 nitrogen and oxygen atoms in total. The first-order chi connectivity index (χ1) is 6.81. The van der Waals surface area contributed by atoms with Gasteiger partial charge >= 0.3 is 0 Å². The van der Waals surface area contributed by atoms with E-state index in [0.717, 1.165) is 12.3 Å². The summed E-state index contributed by atoms with van der Waals surface area (Å²) in [7, 11) is 0. The highest BCUT2D eigenvalue weighted by Crippen LogP contribution is 2.33. The second-order valence-corrected chi connectivity index (χ2v) is 4.30. The molecule has 0 aliphatic heterocycles. The van der Waals surface area contributed by atoms with Gasteiger partial charge in [-0.05, 0) is 37.8 Å². The van der Waals surface area contributed by atoms with Crippen LogP contribution in [0.4, 0.5) is 0 Å². The van der Waals surface area contributed by atoms with Crippen LogP contribution in [0, 0.1) is 11.8 Å². The molecule has 2 heteroatoms. The van der Waals surface area contributed by atoms with Crippen LogP contribution in [0.1, 0.15) is 32.1 Å². The molecule has 80 valence electrons. The molecule has 2 N–H and O–H groups in total. The maximum atomic E-state index is 5.68. The number of nitrogens with zero attached hydrogens (tertiary/aromatic N) is 1. The Morgan fingerprint density at radius 2 is 2.29 bits per heavy atom. The molecule has 1 saturated carbocycles. The lowest BCUT2D eigenvalue weighted by Gasteiger charge is -2.31. The highest BCUT2D eigenvalue weighted by Gasteiger charge is 2.26. The van der Waals surface area contributed by atoms with Gasteiger partial charge in [-0.2, -0.15) is 0 Å². The standard InChI is InChI=1S/C12H22N2/c1-3-5-10-6-4-7-11(8-10)12(9-13)14-2/h3,10-12H,1-2,4-9,13H2. The van der Waals surface area contributed by atoms with Gasteiger partial charge < -0.3 is 5.73 Å². The van der Waals surface area contributed by atoms with Crippen molar-refractivity contribution < 1.29 is 0 Å². The molecule has 0 amide bonds. The van der Waals surface area contributed by atoms with Crippen LogP contribution in [0.2, 0.25) is 0 Å². The third kappa shape index (κ3) is 2.95. The molecule has 0 spiro atoms. The van der Waals surface area contributed by atoms with Gasteiger partial charge in [0.25, 0.3) is 0 Å². The van der Waals surface area contributed by atoms with Gasteiger partial charge in [-0.25, -0.2) is 0 Å². The number of hydrogen-bond donors (Lipinski definition) is 1. The molecule has 0 radical (unpaired) electrons. The van der Waals surface area contributed by atoms with Gasteiger partial charge in [-0.3, -0.25) is 4.99 Å². The molecular formula is C12H22N2. The van der Waals surface area contributed by atoms with Gasteiger partial charge in [0.15, 0.2) is 0 Å². The van der Waals surface area contributed by atoms with Crippen molar-refractivity contribution in [1.82, 2.24) is 0 Å². The van der Waals surface area contributed by atoms with Crippen molar-refractivity contribution in [2.45, 2.75) is 38.1 Å². The summed E-state index contributed by atoms with van der Waals surface area (Å²) >= 11 is 0. The fourth-order valence-corrected chi connectivity index (χ4v) is 2.55. The molecule has 0 aromatic rings. The minimum Gasteiger partial charge on any atom is -0.328 e. The minimum absolute atomic E-state index is 0.280. The molecular weight excluding hydrogens is 172 g/mol.